The number of fused-ring (bicyclic) bond motifs is 3. The van der Waals surface area contributed by atoms with Crippen LogP contribution in [-0.2, 0) is 0 Å². The second kappa shape index (κ2) is 5.31. The van der Waals surface area contributed by atoms with Crippen molar-refractivity contribution in [3.8, 4) is 0 Å². The summed E-state index contributed by atoms with van der Waals surface area (Å²) in [7, 11) is 0. The van der Waals surface area contributed by atoms with Gasteiger partial charge in [0.15, 0.2) is 0 Å². The fourth-order valence-electron chi connectivity index (χ4n) is 4.41. The Labute approximate surface area is 133 Å². The summed E-state index contributed by atoms with van der Waals surface area (Å²) in [6.45, 7) is 4.60. The summed E-state index contributed by atoms with van der Waals surface area (Å²) in [5.41, 5.74) is 2.72. The lowest BCUT2D eigenvalue weighted by atomic mass is 9.77. The lowest BCUT2D eigenvalue weighted by Gasteiger charge is -2.32. The van der Waals surface area contributed by atoms with Gasteiger partial charge in [0.25, 0.3) is 0 Å². The summed E-state index contributed by atoms with van der Waals surface area (Å²) in [4.78, 5) is 2.63. The molecular weight excluding hydrogens is 266 g/mol. The molecule has 22 heavy (non-hydrogen) atoms. The van der Waals surface area contributed by atoms with E-state index in [-0.39, 0.29) is 0 Å². The Morgan fingerprint density at radius 1 is 0.909 bits per heavy atom. The minimum absolute atomic E-state index is 0.467. The zero-order valence-corrected chi connectivity index (χ0v) is 13.3. The van der Waals surface area contributed by atoms with Gasteiger partial charge in [0.1, 0.15) is 0 Å². The number of hydrogen-bond acceptors (Lipinski definition) is 1. The highest BCUT2D eigenvalue weighted by atomic mass is 15.2. The molecular formula is C21H23N. The summed E-state index contributed by atoms with van der Waals surface area (Å²) in [5, 5.41) is 0. The van der Waals surface area contributed by atoms with Crippen LogP contribution in [0.3, 0.4) is 0 Å². The molecule has 112 valence electrons. The van der Waals surface area contributed by atoms with E-state index >= 15 is 0 Å². The summed E-state index contributed by atoms with van der Waals surface area (Å²) in [6, 6.07) is 11.8. The highest BCUT2D eigenvalue weighted by molar-refractivity contribution is 5.55. The first kappa shape index (κ1) is 13.6. The zero-order valence-electron chi connectivity index (χ0n) is 13.3. The Morgan fingerprint density at radius 3 is 2.50 bits per heavy atom. The third kappa shape index (κ3) is 2.08. The van der Waals surface area contributed by atoms with Crippen LogP contribution in [0.15, 0.2) is 78.4 Å². The smallest absolute Gasteiger partial charge is 0.0549 e. The summed E-state index contributed by atoms with van der Waals surface area (Å²) >= 11 is 0. The fourth-order valence-corrected chi connectivity index (χ4v) is 4.41. The molecule has 0 N–H and O–H groups in total. The van der Waals surface area contributed by atoms with Gasteiger partial charge >= 0.3 is 0 Å². The minimum atomic E-state index is 0.467. The molecule has 5 unspecified atom stereocenters. The van der Waals surface area contributed by atoms with E-state index in [4.69, 9.17) is 0 Å². The SMILES string of the molecule is CC1=CC2C(C(C)C=C1)C1C=CC=CC1N2c1ccccc1. The highest BCUT2D eigenvalue weighted by Crippen LogP contribution is 2.46. The van der Waals surface area contributed by atoms with Crippen LogP contribution in [0, 0.1) is 17.8 Å². The van der Waals surface area contributed by atoms with Gasteiger partial charge in [-0.3, -0.25) is 0 Å². The number of rotatable bonds is 1. The topological polar surface area (TPSA) is 3.24 Å². The van der Waals surface area contributed by atoms with E-state index in [2.05, 4.69) is 91.6 Å². The van der Waals surface area contributed by atoms with Gasteiger partial charge < -0.3 is 4.90 Å². The molecule has 1 saturated heterocycles. The Morgan fingerprint density at radius 2 is 1.68 bits per heavy atom. The van der Waals surface area contributed by atoms with Crippen molar-refractivity contribution in [3.05, 3.63) is 78.4 Å². The van der Waals surface area contributed by atoms with Crippen molar-refractivity contribution in [1.29, 1.82) is 0 Å². The van der Waals surface area contributed by atoms with Crippen LogP contribution in [0.4, 0.5) is 5.69 Å². The predicted molar refractivity (Wildman–Crippen MR) is 93.8 cm³/mol. The van der Waals surface area contributed by atoms with Crippen LogP contribution in [0.1, 0.15) is 13.8 Å². The van der Waals surface area contributed by atoms with Crippen molar-refractivity contribution >= 4 is 5.69 Å². The van der Waals surface area contributed by atoms with E-state index in [1.807, 2.05) is 0 Å². The van der Waals surface area contributed by atoms with Gasteiger partial charge in [0, 0.05) is 11.6 Å². The Balaban J connectivity index is 1.84. The van der Waals surface area contributed by atoms with Gasteiger partial charge in [-0.25, -0.2) is 0 Å². The molecule has 4 rings (SSSR count). The first-order valence-corrected chi connectivity index (χ1v) is 8.31. The standard InChI is InChI=1S/C21H23N/c1-15-12-13-16(2)21-18-10-6-7-11-19(18)22(20(21)14-15)17-8-4-3-5-9-17/h3-14,16,18-21H,1-2H3. The molecule has 5 atom stereocenters. The summed E-state index contributed by atoms with van der Waals surface area (Å²) in [6.07, 6.45) is 16.4. The molecule has 1 heteroatoms. The maximum Gasteiger partial charge on any atom is 0.0549 e. The average molecular weight is 289 g/mol. The van der Waals surface area contributed by atoms with E-state index in [9.17, 15) is 0 Å². The van der Waals surface area contributed by atoms with Crippen LogP contribution in [-0.4, -0.2) is 12.1 Å². The maximum atomic E-state index is 2.63. The van der Waals surface area contributed by atoms with Gasteiger partial charge in [-0.1, -0.05) is 73.2 Å². The number of para-hydroxylation sites is 1. The van der Waals surface area contributed by atoms with Crippen molar-refractivity contribution in [2.24, 2.45) is 17.8 Å². The number of hydrogen-bond donors (Lipinski definition) is 0. The third-order valence-corrected chi connectivity index (χ3v) is 5.39. The average Bonchev–Trinajstić information content (AvgIpc) is 2.79. The molecule has 1 fully saturated rings. The molecule has 1 nitrogen and oxygen atoms in total. The summed E-state index contributed by atoms with van der Waals surface area (Å²) < 4.78 is 0. The largest absolute Gasteiger partial charge is 0.358 e. The Bertz CT molecular complexity index is 664. The van der Waals surface area contributed by atoms with Gasteiger partial charge in [-0.2, -0.15) is 0 Å². The Hall–Kier alpha value is -2.02. The van der Waals surface area contributed by atoms with E-state index in [1.165, 1.54) is 11.3 Å². The van der Waals surface area contributed by atoms with Crippen LogP contribution >= 0.6 is 0 Å². The second-order valence-electron chi connectivity index (χ2n) is 6.78. The maximum absolute atomic E-state index is 2.63. The summed E-state index contributed by atoms with van der Waals surface area (Å²) in [5.74, 6) is 1.83. The number of allylic oxidation sites excluding steroid dienone is 5. The fraction of sp³-hybridized carbons (Fsp3) is 0.333. The molecule has 2 aliphatic carbocycles. The molecule has 1 heterocycles. The molecule has 1 aromatic rings. The lowest BCUT2D eigenvalue weighted by Crippen LogP contribution is -2.37. The van der Waals surface area contributed by atoms with Gasteiger partial charge in [-0.05, 0) is 30.9 Å². The van der Waals surface area contributed by atoms with Crippen LogP contribution in [0.5, 0.6) is 0 Å². The molecule has 1 aromatic carbocycles. The van der Waals surface area contributed by atoms with E-state index < -0.39 is 0 Å². The van der Waals surface area contributed by atoms with Crippen LogP contribution in [0.2, 0.25) is 0 Å². The zero-order chi connectivity index (χ0) is 15.1. The molecule has 0 spiro atoms. The second-order valence-corrected chi connectivity index (χ2v) is 6.78. The highest BCUT2D eigenvalue weighted by Gasteiger charge is 2.48. The van der Waals surface area contributed by atoms with E-state index in [1.54, 1.807) is 0 Å². The molecule has 0 bridgehead atoms. The predicted octanol–water partition coefficient (Wildman–Crippen LogP) is 4.75. The monoisotopic (exact) mass is 289 g/mol. The molecule has 0 amide bonds. The van der Waals surface area contributed by atoms with Crippen molar-refractivity contribution < 1.29 is 0 Å². The van der Waals surface area contributed by atoms with Crippen molar-refractivity contribution in [1.82, 2.24) is 0 Å². The third-order valence-electron chi connectivity index (χ3n) is 5.39. The minimum Gasteiger partial charge on any atom is -0.358 e. The molecule has 1 aliphatic heterocycles. The van der Waals surface area contributed by atoms with Crippen LogP contribution < -0.4 is 4.90 Å². The Kier molecular flexibility index (Phi) is 3.29. The van der Waals surface area contributed by atoms with Crippen molar-refractivity contribution in [2.45, 2.75) is 25.9 Å². The van der Waals surface area contributed by atoms with Gasteiger partial charge in [0.05, 0.1) is 12.1 Å². The normalized spacial score (nSPS) is 35.8. The molecule has 0 radical (unpaired) electrons. The number of anilines is 1. The van der Waals surface area contributed by atoms with E-state index in [0.717, 1.165) is 0 Å². The van der Waals surface area contributed by atoms with Crippen molar-refractivity contribution in [2.75, 3.05) is 4.90 Å². The van der Waals surface area contributed by atoms with Gasteiger partial charge in [0.2, 0.25) is 0 Å². The van der Waals surface area contributed by atoms with E-state index in [0.29, 0.717) is 29.8 Å². The quantitative estimate of drug-likeness (QED) is 0.721. The van der Waals surface area contributed by atoms with Crippen molar-refractivity contribution in [3.63, 3.8) is 0 Å². The van der Waals surface area contributed by atoms with Crippen LogP contribution in [0.25, 0.3) is 0 Å². The number of nitrogens with zero attached hydrogens (tertiary/aromatic N) is 1. The molecule has 3 aliphatic rings. The number of benzene rings is 1. The first-order valence-electron chi connectivity index (χ1n) is 8.31. The first-order chi connectivity index (χ1) is 10.8. The molecule has 0 saturated carbocycles. The molecule has 0 aromatic heterocycles. The van der Waals surface area contributed by atoms with Gasteiger partial charge in [-0.15, -0.1) is 0 Å². The lowest BCUT2D eigenvalue weighted by molar-refractivity contribution is 0.356.